The maximum Gasteiger partial charge on any atom is 0.397 e. The molecule has 0 amide bonds. The van der Waals surface area contributed by atoms with Gasteiger partial charge in [0, 0.05) is 18.8 Å². The normalized spacial score (nSPS) is 12.0. The lowest BCUT2D eigenvalue weighted by Crippen LogP contribution is -2.31. The first-order valence-electron chi connectivity index (χ1n) is 9.68. The van der Waals surface area contributed by atoms with Crippen molar-refractivity contribution >= 4 is 49.4 Å². The highest BCUT2D eigenvalue weighted by Crippen LogP contribution is 2.20. The summed E-state index contributed by atoms with van der Waals surface area (Å²) in [6.07, 6.45) is 0.785. The summed E-state index contributed by atoms with van der Waals surface area (Å²) in [7, 11) is -6.72. The molecule has 0 aliphatic rings. The molecule has 2 aromatic rings. The quantitative estimate of drug-likeness (QED) is 0.195. The fraction of sp³-hybridized carbons (Fsp3) is 0.471. The zero-order valence-corrected chi connectivity index (χ0v) is 20.1. The molecule has 1 heterocycles. The largest absolute Gasteiger partial charge is 0.397 e. The summed E-state index contributed by atoms with van der Waals surface area (Å²) in [5, 5.41) is 15.2. The predicted molar refractivity (Wildman–Crippen MR) is 122 cm³/mol. The van der Waals surface area contributed by atoms with Crippen LogP contribution in [0.1, 0.15) is 6.42 Å². The van der Waals surface area contributed by atoms with Crippen LogP contribution in [0.2, 0.25) is 5.28 Å². The van der Waals surface area contributed by atoms with Crippen LogP contribution in [0.3, 0.4) is 0 Å². The van der Waals surface area contributed by atoms with Crippen LogP contribution in [0, 0.1) is 0 Å². The Morgan fingerprint density at radius 2 is 1.79 bits per heavy atom. The van der Waals surface area contributed by atoms with Crippen LogP contribution < -0.4 is 15.5 Å². The Morgan fingerprint density at radius 1 is 1.09 bits per heavy atom. The van der Waals surface area contributed by atoms with Crippen molar-refractivity contribution in [2.75, 3.05) is 55.9 Å². The van der Waals surface area contributed by atoms with Gasteiger partial charge in [-0.2, -0.15) is 23.4 Å². The molecule has 0 unspecified atom stereocenters. The van der Waals surface area contributed by atoms with E-state index in [2.05, 4.69) is 29.8 Å². The molecule has 184 valence electrons. The molecular formula is C17H25ClN6O7S2. The number of aromatic nitrogens is 3. The van der Waals surface area contributed by atoms with Crippen molar-refractivity contribution in [3.05, 3.63) is 29.5 Å². The average Bonchev–Trinajstić information content (AvgIpc) is 2.72. The highest BCUT2D eigenvalue weighted by atomic mass is 35.5. The number of hydrogen-bond donors (Lipinski definition) is 4. The number of nitrogens with zero attached hydrogens (tertiary/aromatic N) is 4. The van der Waals surface area contributed by atoms with Crippen LogP contribution in [0.4, 0.5) is 17.6 Å². The molecule has 0 aliphatic heterocycles. The van der Waals surface area contributed by atoms with Crippen molar-refractivity contribution in [2.24, 2.45) is 0 Å². The summed E-state index contributed by atoms with van der Waals surface area (Å²) in [5.41, 5.74) is 0.459. The molecule has 0 aliphatic carbocycles. The summed E-state index contributed by atoms with van der Waals surface area (Å²) in [5.74, 6) is -0.236. The van der Waals surface area contributed by atoms with Crippen molar-refractivity contribution in [1.82, 2.24) is 20.3 Å². The van der Waals surface area contributed by atoms with Crippen LogP contribution in [-0.4, -0.2) is 87.1 Å². The zero-order valence-electron chi connectivity index (χ0n) is 17.7. The number of sulfone groups is 1. The lowest BCUT2D eigenvalue weighted by atomic mass is 10.3. The third-order valence-corrected chi connectivity index (χ3v) is 6.49. The molecular weight excluding hydrogens is 500 g/mol. The lowest BCUT2D eigenvalue weighted by molar-refractivity contribution is 0.284. The SMILES string of the molecule is CNCCCN(CCO)c1nc(Cl)nc(Nc2ccc(S(=O)(=O)CCOS(=O)(=O)O)cc2)n1. The highest BCUT2D eigenvalue weighted by molar-refractivity contribution is 7.91. The molecule has 1 aromatic heterocycles. The van der Waals surface area contributed by atoms with E-state index in [0.717, 1.165) is 13.0 Å². The summed E-state index contributed by atoms with van der Waals surface area (Å²) >= 11 is 6.03. The Bertz CT molecular complexity index is 1120. The van der Waals surface area contributed by atoms with Crippen LogP contribution in [0.15, 0.2) is 29.2 Å². The van der Waals surface area contributed by atoms with Crippen LogP contribution in [-0.2, 0) is 24.4 Å². The lowest BCUT2D eigenvalue weighted by Gasteiger charge is -2.22. The number of rotatable bonds is 14. The zero-order chi connectivity index (χ0) is 24.5. The van der Waals surface area contributed by atoms with E-state index in [-0.39, 0.29) is 28.7 Å². The number of hydrogen-bond acceptors (Lipinski definition) is 12. The Morgan fingerprint density at radius 3 is 2.39 bits per heavy atom. The van der Waals surface area contributed by atoms with E-state index in [4.69, 9.17) is 16.2 Å². The number of nitrogens with one attached hydrogen (secondary N) is 2. The molecule has 0 saturated heterocycles. The van der Waals surface area contributed by atoms with E-state index in [0.29, 0.717) is 18.8 Å². The minimum atomic E-state index is -4.72. The van der Waals surface area contributed by atoms with Gasteiger partial charge in [-0.3, -0.25) is 4.55 Å². The minimum Gasteiger partial charge on any atom is -0.395 e. The molecule has 0 atom stereocenters. The van der Waals surface area contributed by atoms with Gasteiger partial charge in [-0.05, 0) is 55.9 Å². The monoisotopic (exact) mass is 524 g/mol. The minimum absolute atomic E-state index is 0.0583. The van der Waals surface area contributed by atoms with E-state index in [1.807, 2.05) is 7.05 Å². The van der Waals surface area contributed by atoms with Gasteiger partial charge >= 0.3 is 10.4 Å². The second-order valence-electron chi connectivity index (χ2n) is 6.61. The molecule has 0 bridgehead atoms. The van der Waals surface area contributed by atoms with Gasteiger partial charge in [0.2, 0.25) is 17.2 Å². The highest BCUT2D eigenvalue weighted by Gasteiger charge is 2.17. The van der Waals surface area contributed by atoms with Crippen molar-refractivity contribution in [3.63, 3.8) is 0 Å². The van der Waals surface area contributed by atoms with Gasteiger partial charge in [0.15, 0.2) is 9.84 Å². The molecule has 0 spiro atoms. The summed E-state index contributed by atoms with van der Waals surface area (Å²) in [6.45, 7) is 0.832. The molecule has 2 rings (SSSR count). The first-order chi connectivity index (χ1) is 15.5. The van der Waals surface area contributed by atoms with Gasteiger partial charge in [-0.1, -0.05) is 0 Å². The summed E-state index contributed by atoms with van der Waals surface area (Å²) < 4.78 is 58.2. The van der Waals surface area contributed by atoms with Gasteiger partial charge in [-0.15, -0.1) is 0 Å². The average molecular weight is 525 g/mol. The molecule has 4 N–H and O–H groups in total. The van der Waals surface area contributed by atoms with E-state index in [1.54, 1.807) is 4.90 Å². The van der Waals surface area contributed by atoms with E-state index in [1.165, 1.54) is 24.3 Å². The fourth-order valence-electron chi connectivity index (χ4n) is 2.66. The molecule has 0 radical (unpaired) electrons. The first-order valence-corrected chi connectivity index (χ1v) is 13.1. The van der Waals surface area contributed by atoms with Gasteiger partial charge in [0.25, 0.3) is 0 Å². The summed E-state index contributed by atoms with van der Waals surface area (Å²) in [6, 6.07) is 5.55. The third-order valence-electron chi connectivity index (χ3n) is 4.16. The van der Waals surface area contributed by atoms with Gasteiger partial charge in [0.1, 0.15) is 0 Å². The molecule has 33 heavy (non-hydrogen) atoms. The number of anilines is 3. The fourth-order valence-corrected chi connectivity index (χ4v) is 4.30. The van der Waals surface area contributed by atoms with Crippen LogP contribution >= 0.6 is 11.6 Å². The Labute approximate surface area is 197 Å². The second kappa shape index (κ2) is 12.4. The maximum absolute atomic E-state index is 12.3. The topological polar surface area (TPSA) is 184 Å². The molecule has 1 aromatic carbocycles. The van der Waals surface area contributed by atoms with Gasteiger partial charge in [-0.25, -0.2) is 12.6 Å². The van der Waals surface area contributed by atoms with Crippen molar-refractivity contribution < 1.29 is 30.7 Å². The van der Waals surface area contributed by atoms with Crippen molar-refractivity contribution in [2.45, 2.75) is 11.3 Å². The first kappa shape index (κ1) is 27.1. The van der Waals surface area contributed by atoms with Crippen LogP contribution in [0.5, 0.6) is 0 Å². The molecule has 16 heteroatoms. The standard InChI is InChI=1S/C17H25ClN6O7S2/c1-19-7-2-8-24(9-10-25)17-22-15(18)21-16(23-17)20-13-3-5-14(6-4-13)32(26,27)12-11-31-33(28,29)30/h3-6,19,25H,2,7-12H2,1H3,(H,28,29,30)(H,20,21,22,23). The van der Waals surface area contributed by atoms with Crippen molar-refractivity contribution in [3.8, 4) is 0 Å². The smallest absolute Gasteiger partial charge is 0.395 e. The van der Waals surface area contributed by atoms with Crippen LogP contribution in [0.25, 0.3) is 0 Å². The Balaban J connectivity index is 2.12. The summed E-state index contributed by atoms with van der Waals surface area (Å²) in [4.78, 5) is 14.1. The van der Waals surface area contributed by atoms with Crippen molar-refractivity contribution in [1.29, 1.82) is 0 Å². The van der Waals surface area contributed by atoms with Gasteiger partial charge < -0.3 is 20.6 Å². The second-order valence-corrected chi connectivity index (χ2v) is 10.2. The number of aliphatic hydroxyl groups is 1. The third kappa shape index (κ3) is 9.32. The number of halogens is 1. The number of benzene rings is 1. The molecule has 0 saturated carbocycles. The van der Waals surface area contributed by atoms with E-state index >= 15 is 0 Å². The predicted octanol–water partition coefficient (Wildman–Crippen LogP) is 0.270. The van der Waals surface area contributed by atoms with E-state index in [9.17, 15) is 21.9 Å². The Kier molecular flexibility index (Phi) is 10.2. The maximum atomic E-state index is 12.3. The number of aliphatic hydroxyl groups excluding tert-OH is 1. The molecule has 13 nitrogen and oxygen atoms in total. The molecule has 0 fully saturated rings. The van der Waals surface area contributed by atoms with E-state index < -0.39 is 32.6 Å². The Hall–Kier alpha value is -2.14. The van der Waals surface area contributed by atoms with Gasteiger partial charge in [0.05, 0.1) is 23.9 Å².